The molecule has 5 heteroatoms. The monoisotopic (exact) mass is 279 g/mol. The Hall–Kier alpha value is -1.23. The number of ketones is 1. The molecule has 3 aliphatic rings. The van der Waals surface area contributed by atoms with E-state index in [-0.39, 0.29) is 5.78 Å². The van der Waals surface area contributed by atoms with Gasteiger partial charge in [0, 0.05) is 25.7 Å². The maximum Gasteiger partial charge on any atom is 0.192 e. The molecule has 2 aliphatic carbocycles. The number of Topliss-reactive ketones (excluding diaryl/α,β-unsaturated/α-hetero) is 1. The van der Waals surface area contributed by atoms with Crippen LogP contribution in [0.2, 0.25) is 0 Å². The highest BCUT2D eigenvalue weighted by Crippen LogP contribution is 2.52. The van der Waals surface area contributed by atoms with Crippen LogP contribution in [0.5, 0.6) is 0 Å². The zero-order valence-corrected chi connectivity index (χ0v) is 11.9. The lowest BCUT2D eigenvalue weighted by atomic mass is 9.65. The summed E-state index contributed by atoms with van der Waals surface area (Å²) in [6.45, 7) is 2.58. The Bertz CT molecular complexity index is 512. The van der Waals surface area contributed by atoms with Crippen LogP contribution in [0.3, 0.4) is 0 Å². The summed E-state index contributed by atoms with van der Waals surface area (Å²) in [5.41, 5.74) is -0.643. The molecule has 0 aromatic rings. The molecule has 3 atom stereocenters. The van der Waals surface area contributed by atoms with Crippen LogP contribution < -0.4 is 5.11 Å². The van der Waals surface area contributed by atoms with Crippen LogP contribution in [0, 0.1) is 5.41 Å². The van der Waals surface area contributed by atoms with Gasteiger partial charge >= 0.3 is 0 Å². The highest BCUT2D eigenvalue weighted by atomic mass is 16.4. The molecule has 3 rings (SSSR count). The van der Waals surface area contributed by atoms with E-state index in [9.17, 15) is 19.8 Å². The summed E-state index contributed by atoms with van der Waals surface area (Å²) in [5.74, 6) is -0.880. The molecule has 1 heterocycles. The molecule has 1 saturated heterocycles. The van der Waals surface area contributed by atoms with Gasteiger partial charge in [0.15, 0.2) is 11.8 Å². The Morgan fingerprint density at radius 1 is 1.40 bits per heavy atom. The van der Waals surface area contributed by atoms with Crippen molar-refractivity contribution in [2.24, 2.45) is 5.41 Å². The minimum atomic E-state index is -1.03. The van der Waals surface area contributed by atoms with Gasteiger partial charge in [-0.2, -0.15) is 0 Å². The van der Waals surface area contributed by atoms with Crippen molar-refractivity contribution in [2.75, 3.05) is 6.54 Å². The van der Waals surface area contributed by atoms with Gasteiger partial charge in [-0.25, -0.2) is 4.58 Å². The minimum absolute atomic E-state index is 0.150. The Kier molecular flexibility index (Phi) is 3.01. The van der Waals surface area contributed by atoms with Crippen LogP contribution >= 0.6 is 0 Å². The number of fused-ring (bicyclic) bond motifs is 1. The van der Waals surface area contributed by atoms with Crippen molar-refractivity contribution in [1.82, 2.24) is 0 Å². The van der Waals surface area contributed by atoms with Crippen molar-refractivity contribution in [2.45, 2.75) is 63.5 Å². The van der Waals surface area contributed by atoms with Crippen molar-refractivity contribution >= 4 is 17.5 Å². The van der Waals surface area contributed by atoms with Gasteiger partial charge in [0.1, 0.15) is 18.3 Å². The number of rotatable bonds is 1. The zero-order chi connectivity index (χ0) is 14.5. The first-order valence-electron chi connectivity index (χ1n) is 7.45. The third-order valence-corrected chi connectivity index (χ3v) is 5.75. The highest BCUT2D eigenvalue weighted by Gasteiger charge is 2.60. The average molecular weight is 279 g/mol. The lowest BCUT2D eigenvalue weighted by Gasteiger charge is -2.41. The highest BCUT2D eigenvalue weighted by molar-refractivity contribution is 5.93. The number of carbonyl (C=O) groups is 2. The summed E-state index contributed by atoms with van der Waals surface area (Å²) in [6.07, 6.45) is 4.14. The van der Waals surface area contributed by atoms with E-state index in [1.54, 1.807) is 0 Å². The van der Waals surface area contributed by atoms with Crippen molar-refractivity contribution < 1.29 is 24.4 Å². The molecule has 20 heavy (non-hydrogen) atoms. The first-order valence-corrected chi connectivity index (χ1v) is 7.45. The maximum atomic E-state index is 12.0. The number of carboxylic acid groups (broad SMARTS) is 1. The number of hydrogen-bond donors (Lipinski definition) is 1. The van der Waals surface area contributed by atoms with E-state index < -0.39 is 23.0 Å². The molecular formula is C15H21NO4. The Morgan fingerprint density at radius 2 is 2.15 bits per heavy atom. The molecule has 0 aromatic heterocycles. The first-order chi connectivity index (χ1) is 9.37. The average Bonchev–Trinajstić information content (AvgIpc) is 2.96. The second kappa shape index (κ2) is 4.38. The van der Waals surface area contributed by atoms with Crippen molar-refractivity contribution in [3.05, 3.63) is 0 Å². The molecule has 0 bridgehead atoms. The van der Waals surface area contributed by atoms with Crippen molar-refractivity contribution in [3.8, 4) is 0 Å². The standard InChI is InChI=1S/C15H21NO4/c1-14-6-4-10(9-15(14,20)7-5-12(14)17)16-8-2-3-11(16)13(18)19/h11,20H,2-9H2,1H3/t11-,14+,15-/m0/s1. The first kappa shape index (κ1) is 13.7. The lowest BCUT2D eigenvalue weighted by molar-refractivity contribution is -0.546. The normalized spacial score (nSPS) is 44.7. The third-order valence-electron chi connectivity index (χ3n) is 5.75. The Labute approximate surface area is 118 Å². The zero-order valence-electron chi connectivity index (χ0n) is 11.9. The van der Waals surface area contributed by atoms with Crippen LogP contribution in [0.1, 0.15) is 51.9 Å². The molecule has 110 valence electrons. The molecule has 3 fully saturated rings. The van der Waals surface area contributed by atoms with Gasteiger partial charge in [-0.05, 0) is 19.8 Å². The Balaban J connectivity index is 1.93. The number of carboxylic acids is 1. The predicted molar refractivity (Wildman–Crippen MR) is 69.3 cm³/mol. The summed E-state index contributed by atoms with van der Waals surface area (Å²) in [5, 5.41) is 22.1. The number of aliphatic hydroxyl groups is 1. The molecule has 0 aromatic carbocycles. The smallest absolute Gasteiger partial charge is 0.192 e. The molecule has 0 unspecified atom stereocenters. The molecule has 0 amide bonds. The number of nitrogens with zero attached hydrogens (tertiary/aromatic N) is 1. The predicted octanol–water partition coefficient (Wildman–Crippen LogP) is -0.364. The van der Waals surface area contributed by atoms with Crippen LogP contribution in [0.25, 0.3) is 0 Å². The van der Waals surface area contributed by atoms with E-state index in [4.69, 9.17) is 0 Å². The number of carbonyl (C=O) groups excluding carboxylic acids is 2. The van der Waals surface area contributed by atoms with Crippen LogP contribution in [-0.2, 0) is 9.59 Å². The van der Waals surface area contributed by atoms with E-state index >= 15 is 0 Å². The largest absolute Gasteiger partial charge is 0.543 e. The molecule has 0 radical (unpaired) electrons. The van der Waals surface area contributed by atoms with Gasteiger partial charge in [-0.15, -0.1) is 0 Å². The summed E-state index contributed by atoms with van der Waals surface area (Å²) < 4.78 is 1.90. The number of aliphatic carboxylic acids is 1. The SMILES string of the molecule is C[C@]12CCC(=[N+]3CCC[C@H]3C(=O)[O-])C[C@@]1(O)CCC2=O. The number of hydrogen-bond acceptors (Lipinski definition) is 4. The van der Waals surface area contributed by atoms with Crippen LogP contribution in [-0.4, -0.2) is 45.3 Å². The molecule has 5 nitrogen and oxygen atoms in total. The Morgan fingerprint density at radius 3 is 2.85 bits per heavy atom. The van der Waals surface area contributed by atoms with Crippen molar-refractivity contribution in [3.63, 3.8) is 0 Å². The lowest BCUT2D eigenvalue weighted by Crippen LogP contribution is -2.53. The molecule has 0 spiro atoms. The fourth-order valence-electron chi connectivity index (χ4n) is 4.24. The van der Waals surface area contributed by atoms with Gasteiger partial charge < -0.3 is 15.0 Å². The van der Waals surface area contributed by atoms with E-state index in [1.165, 1.54) is 0 Å². The second-order valence-electron chi connectivity index (χ2n) is 6.70. The third kappa shape index (κ3) is 1.75. The molecular weight excluding hydrogens is 258 g/mol. The quantitative estimate of drug-likeness (QED) is 0.665. The van der Waals surface area contributed by atoms with Crippen LogP contribution in [0.15, 0.2) is 0 Å². The molecule has 1 N–H and O–H groups in total. The van der Waals surface area contributed by atoms with Crippen LogP contribution in [0.4, 0.5) is 0 Å². The van der Waals surface area contributed by atoms with E-state index in [0.29, 0.717) is 45.1 Å². The second-order valence-corrected chi connectivity index (χ2v) is 6.70. The van der Waals surface area contributed by atoms with Gasteiger partial charge in [0.2, 0.25) is 0 Å². The van der Waals surface area contributed by atoms with Gasteiger partial charge in [-0.1, -0.05) is 0 Å². The molecule has 1 aliphatic heterocycles. The fraction of sp³-hybridized carbons (Fsp3) is 0.800. The van der Waals surface area contributed by atoms with E-state index in [1.807, 2.05) is 11.5 Å². The van der Waals surface area contributed by atoms with Crippen molar-refractivity contribution in [1.29, 1.82) is 0 Å². The summed E-state index contributed by atoms with van der Waals surface area (Å²) in [7, 11) is 0. The van der Waals surface area contributed by atoms with E-state index in [2.05, 4.69) is 0 Å². The van der Waals surface area contributed by atoms with Gasteiger partial charge in [0.05, 0.1) is 17.4 Å². The van der Waals surface area contributed by atoms with Gasteiger partial charge in [-0.3, -0.25) is 4.79 Å². The summed E-state index contributed by atoms with van der Waals surface area (Å²) in [4.78, 5) is 23.2. The maximum absolute atomic E-state index is 12.0. The van der Waals surface area contributed by atoms with E-state index in [0.717, 1.165) is 12.1 Å². The van der Waals surface area contributed by atoms with Gasteiger partial charge in [0.25, 0.3) is 0 Å². The topological polar surface area (TPSA) is 80.4 Å². The molecule has 2 saturated carbocycles. The minimum Gasteiger partial charge on any atom is -0.543 e. The summed E-state index contributed by atoms with van der Waals surface area (Å²) >= 11 is 0. The fourth-order valence-corrected chi connectivity index (χ4v) is 4.24. The summed E-state index contributed by atoms with van der Waals surface area (Å²) in [6, 6.07) is -0.560.